The number of rotatable bonds is 6. The maximum absolute atomic E-state index is 5.15. The van der Waals surface area contributed by atoms with E-state index in [1.54, 1.807) is 0 Å². The lowest BCUT2D eigenvalue weighted by molar-refractivity contribution is 0.325. The van der Waals surface area contributed by atoms with Crippen molar-refractivity contribution in [3.63, 3.8) is 0 Å². The maximum atomic E-state index is 5.15. The molecule has 0 aliphatic heterocycles. The van der Waals surface area contributed by atoms with E-state index in [2.05, 4.69) is 6.92 Å². The summed E-state index contributed by atoms with van der Waals surface area (Å²) in [4.78, 5) is 0. The third kappa shape index (κ3) is 7.79. The number of thiocarbonyl (C=S) groups is 1. The fourth-order valence-corrected chi connectivity index (χ4v) is 1.19. The van der Waals surface area contributed by atoms with Gasteiger partial charge in [-0.2, -0.15) is 0 Å². The van der Waals surface area contributed by atoms with Crippen molar-refractivity contribution in [1.29, 1.82) is 0 Å². The van der Waals surface area contributed by atoms with Crippen molar-refractivity contribution in [1.82, 2.24) is 0 Å². The number of unbranched alkanes of at least 4 members (excludes halogenated alkanes) is 3. The Balaban J connectivity index is 3.04. The van der Waals surface area contributed by atoms with Crippen LogP contribution in [0.25, 0.3) is 0 Å². The minimum atomic E-state index is 0.715. The highest BCUT2D eigenvalue weighted by atomic mass is 32.1. The molecule has 0 aromatic rings. The van der Waals surface area contributed by atoms with E-state index in [4.69, 9.17) is 17.0 Å². The van der Waals surface area contributed by atoms with Crippen molar-refractivity contribution < 1.29 is 4.74 Å². The molecule has 0 fully saturated rings. The molecule has 0 saturated carbocycles. The van der Waals surface area contributed by atoms with Crippen LogP contribution in [-0.2, 0) is 4.74 Å². The Morgan fingerprint density at radius 1 is 1.18 bits per heavy atom. The molecule has 2 heteroatoms. The largest absolute Gasteiger partial charge is 0.487 e. The standard InChI is InChI=1S/C9H18OS/c1-3-5-6-7-8-9(11)10-4-2/h3-8H2,1-2H3. The quantitative estimate of drug-likeness (QED) is 0.451. The van der Waals surface area contributed by atoms with Gasteiger partial charge in [0.05, 0.1) is 6.61 Å². The van der Waals surface area contributed by atoms with Gasteiger partial charge in [-0.15, -0.1) is 0 Å². The van der Waals surface area contributed by atoms with E-state index in [1.165, 1.54) is 25.7 Å². The monoisotopic (exact) mass is 174 g/mol. The van der Waals surface area contributed by atoms with Gasteiger partial charge in [-0.3, -0.25) is 0 Å². The smallest absolute Gasteiger partial charge is 0.159 e. The minimum absolute atomic E-state index is 0.715. The second kappa shape index (κ2) is 7.99. The van der Waals surface area contributed by atoms with Gasteiger partial charge in [-0.25, -0.2) is 0 Å². The summed E-state index contributed by atoms with van der Waals surface area (Å²) in [5.74, 6) is 0. The molecule has 0 saturated heterocycles. The van der Waals surface area contributed by atoms with Gasteiger partial charge in [-0.05, 0) is 25.6 Å². The van der Waals surface area contributed by atoms with Crippen LogP contribution < -0.4 is 0 Å². The minimum Gasteiger partial charge on any atom is -0.487 e. The van der Waals surface area contributed by atoms with E-state index in [9.17, 15) is 0 Å². The average molecular weight is 174 g/mol. The van der Waals surface area contributed by atoms with Crippen LogP contribution in [-0.4, -0.2) is 11.7 Å². The van der Waals surface area contributed by atoms with Crippen molar-refractivity contribution >= 4 is 17.3 Å². The van der Waals surface area contributed by atoms with Gasteiger partial charge in [-0.1, -0.05) is 26.2 Å². The van der Waals surface area contributed by atoms with E-state index >= 15 is 0 Å². The van der Waals surface area contributed by atoms with Crippen LogP contribution in [0.4, 0.5) is 0 Å². The third-order valence-corrected chi connectivity index (χ3v) is 1.86. The summed E-state index contributed by atoms with van der Waals surface area (Å²) in [6.45, 7) is 4.89. The van der Waals surface area contributed by atoms with E-state index in [-0.39, 0.29) is 0 Å². The van der Waals surface area contributed by atoms with E-state index < -0.39 is 0 Å². The molecular weight excluding hydrogens is 156 g/mol. The van der Waals surface area contributed by atoms with Gasteiger partial charge in [0.1, 0.15) is 0 Å². The zero-order valence-electron chi connectivity index (χ0n) is 7.56. The molecule has 0 aliphatic carbocycles. The first-order valence-corrected chi connectivity index (χ1v) is 4.87. The Labute approximate surface area is 75.1 Å². The van der Waals surface area contributed by atoms with Crippen LogP contribution in [0.3, 0.4) is 0 Å². The lowest BCUT2D eigenvalue weighted by Crippen LogP contribution is -2.00. The van der Waals surface area contributed by atoms with Gasteiger partial charge in [0.25, 0.3) is 0 Å². The predicted molar refractivity (Wildman–Crippen MR) is 53.0 cm³/mol. The van der Waals surface area contributed by atoms with Gasteiger partial charge in [0.15, 0.2) is 5.05 Å². The summed E-state index contributed by atoms with van der Waals surface area (Å²) in [5.41, 5.74) is 0. The highest BCUT2D eigenvalue weighted by molar-refractivity contribution is 7.80. The molecule has 0 N–H and O–H groups in total. The lowest BCUT2D eigenvalue weighted by Gasteiger charge is -2.03. The molecule has 0 atom stereocenters. The van der Waals surface area contributed by atoms with Gasteiger partial charge in [0, 0.05) is 6.42 Å². The highest BCUT2D eigenvalue weighted by Gasteiger charge is 1.94. The summed E-state index contributed by atoms with van der Waals surface area (Å²) in [5, 5.41) is 0.781. The first kappa shape index (κ1) is 10.9. The topological polar surface area (TPSA) is 9.23 Å². The summed E-state index contributed by atoms with van der Waals surface area (Å²) in [7, 11) is 0. The van der Waals surface area contributed by atoms with Crippen LogP contribution in [0.5, 0.6) is 0 Å². The van der Waals surface area contributed by atoms with Gasteiger partial charge < -0.3 is 4.74 Å². The fourth-order valence-electron chi connectivity index (χ4n) is 0.929. The Kier molecular flexibility index (Phi) is 7.91. The van der Waals surface area contributed by atoms with Crippen LogP contribution >= 0.6 is 12.2 Å². The first-order valence-electron chi connectivity index (χ1n) is 4.46. The lowest BCUT2D eigenvalue weighted by atomic mass is 10.2. The summed E-state index contributed by atoms with van der Waals surface area (Å²) in [6.07, 6.45) is 6.02. The molecule has 0 spiro atoms. The van der Waals surface area contributed by atoms with Crippen molar-refractivity contribution in [2.24, 2.45) is 0 Å². The van der Waals surface area contributed by atoms with Crippen molar-refractivity contribution in [2.45, 2.75) is 46.0 Å². The average Bonchev–Trinajstić information content (AvgIpc) is 1.99. The Bertz CT molecular complexity index is 102. The third-order valence-electron chi connectivity index (χ3n) is 1.54. The highest BCUT2D eigenvalue weighted by Crippen LogP contribution is 2.04. The molecule has 0 radical (unpaired) electrons. The molecule has 0 unspecified atom stereocenters. The van der Waals surface area contributed by atoms with Crippen LogP contribution in [0.2, 0.25) is 0 Å². The Morgan fingerprint density at radius 2 is 1.91 bits per heavy atom. The predicted octanol–water partition coefficient (Wildman–Crippen LogP) is 3.32. The number of hydrogen-bond donors (Lipinski definition) is 0. The zero-order chi connectivity index (χ0) is 8.53. The van der Waals surface area contributed by atoms with E-state index in [0.29, 0.717) is 6.61 Å². The van der Waals surface area contributed by atoms with Gasteiger partial charge >= 0.3 is 0 Å². The van der Waals surface area contributed by atoms with Gasteiger partial charge in [0.2, 0.25) is 0 Å². The Hall–Kier alpha value is -0.110. The molecule has 0 rings (SSSR count). The van der Waals surface area contributed by atoms with Crippen molar-refractivity contribution in [3.8, 4) is 0 Å². The van der Waals surface area contributed by atoms with Crippen molar-refractivity contribution in [2.75, 3.05) is 6.61 Å². The number of hydrogen-bond acceptors (Lipinski definition) is 2. The molecule has 0 bridgehead atoms. The molecule has 11 heavy (non-hydrogen) atoms. The van der Waals surface area contributed by atoms with Crippen LogP contribution in [0, 0.1) is 0 Å². The second-order valence-electron chi connectivity index (χ2n) is 2.62. The fraction of sp³-hybridized carbons (Fsp3) is 0.889. The van der Waals surface area contributed by atoms with E-state index in [1.807, 2.05) is 6.92 Å². The molecule has 0 aromatic carbocycles. The molecule has 0 amide bonds. The SMILES string of the molecule is CCCCCCC(=S)OCC. The molecule has 0 aliphatic rings. The first-order chi connectivity index (χ1) is 5.31. The van der Waals surface area contributed by atoms with E-state index in [0.717, 1.165) is 11.5 Å². The molecular formula is C9H18OS. The molecule has 0 heterocycles. The number of ether oxygens (including phenoxy) is 1. The van der Waals surface area contributed by atoms with Crippen LogP contribution in [0.1, 0.15) is 46.0 Å². The van der Waals surface area contributed by atoms with Crippen molar-refractivity contribution in [3.05, 3.63) is 0 Å². The Morgan fingerprint density at radius 3 is 2.45 bits per heavy atom. The molecule has 1 nitrogen and oxygen atoms in total. The van der Waals surface area contributed by atoms with Crippen LogP contribution in [0.15, 0.2) is 0 Å². The normalized spacial score (nSPS) is 9.64. The summed E-state index contributed by atoms with van der Waals surface area (Å²) in [6, 6.07) is 0. The second-order valence-corrected chi connectivity index (χ2v) is 3.07. The molecule has 66 valence electrons. The summed E-state index contributed by atoms with van der Waals surface area (Å²) >= 11 is 4.98. The zero-order valence-corrected chi connectivity index (χ0v) is 8.38. The molecule has 0 aromatic heterocycles. The maximum Gasteiger partial charge on any atom is 0.159 e. The summed E-state index contributed by atoms with van der Waals surface area (Å²) < 4.78 is 5.15.